The van der Waals surface area contributed by atoms with Gasteiger partial charge in [-0.15, -0.1) is 0 Å². The van der Waals surface area contributed by atoms with Gasteiger partial charge in [-0.25, -0.2) is 4.79 Å². The van der Waals surface area contributed by atoms with Gasteiger partial charge >= 0.3 is 5.97 Å². The normalized spacial score (nSPS) is 19.3. The molecule has 4 rings (SSSR count). The van der Waals surface area contributed by atoms with E-state index < -0.39 is 17.4 Å². The summed E-state index contributed by atoms with van der Waals surface area (Å²) in [7, 11) is 2.97. The standard InChI is InChI=1S/C28H29NO5/c1-20-26(30)29(18-22-11-13-24(32-2)14-12-22)28(20,27(31)33-3)17-21-9-15-25(16-10-21)34-19-23-7-5-4-6-8-23/h4-16,20H,17-19H2,1-3H3/t20-,28+/m1/s1. The van der Waals surface area contributed by atoms with Gasteiger partial charge in [0.1, 0.15) is 18.1 Å². The summed E-state index contributed by atoms with van der Waals surface area (Å²) in [6, 6.07) is 25.1. The van der Waals surface area contributed by atoms with Crippen LogP contribution in [-0.4, -0.2) is 36.5 Å². The fourth-order valence-corrected chi connectivity index (χ4v) is 4.47. The van der Waals surface area contributed by atoms with Crippen LogP contribution in [0.3, 0.4) is 0 Å². The summed E-state index contributed by atoms with van der Waals surface area (Å²) in [5.41, 5.74) is 1.88. The minimum absolute atomic E-state index is 0.0657. The summed E-state index contributed by atoms with van der Waals surface area (Å²) < 4.78 is 16.3. The Morgan fingerprint density at radius 1 is 0.853 bits per heavy atom. The van der Waals surface area contributed by atoms with E-state index in [1.807, 2.05) is 78.9 Å². The zero-order chi connectivity index (χ0) is 24.1. The molecule has 3 aromatic rings. The van der Waals surface area contributed by atoms with Gasteiger partial charge < -0.3 is 19.1 Å². The Bertz CT molecular complexity index is 1130. The van der Waals surface area contributed by atoms with Gasteiger partial charge in [-0.2, -0.15) is 0 Å². The molecule has 0 unspecified atom stereocenters. The number of hydrogen-bond acceptors (Lipinski definition) is 5. The highest BCUT2D eigenvalue weighted by Gasteiger charge is 2.63. The molecular formula is C28H29NO5. The number of esters is 1. The minimum atomic E-state index is -1.06. The first kappa shape index (κ1) is 23.4. The third kappa shape index (κ3) is 4.49. The smallest absolute Gasteiger partial charge is 0.332 e. The van der Waals surface area contributed by atoms with Crippen molar-refractivity contribution in [3.05, 3.63) is 95.6 Å². The molecule has 0 saturated carbocycles. The van der Waals surface area contributed by atoms with Crippen LogP contribution in [0.2, 0.25) is 0 Å². The summed E-state index contributed by atoms with van der Waals surface area (Å²) in [5, 5.41) is 0. The molecule has 34 heavy (non-hydrogen) atoms. The molecule has 176 valence electrons. The monoisotopic (exact) mass is 459 g/mol. The molecule has 0 aliphatic carbocycles. The van der Waals surface area contributed by atoms with Gasteiger partial charge in [0.25, 0.3) is 0 Å². The molecule has 6 nitrogen and oxygen atoms in total. The topological polar surface area (TPSA) is 65.1 Å². The predicted octanol–water partition coefficient (Wildman–Crippen LogP) is 4.41. The van der Waals surface area contributed by atoms with Crippen molar-refractivity contribution in [3.63, 3.8) is 0 Å². The summed E-state index contributed by atoms with van der Waals surface area (Å²) in [4.78, 5) is 27.5. The van der Waals surface area contributed by atoms with E-state index in [0.717, 1.165) is 28.2 Å². The van der Waals surface area contributed by atoms with Crippen molar-refractivity contribution in [2.24, 2.45) is 5.92 Å². The lowest BCUT2D eigenvalue weighted by atomic mass is 9.70. The van der Waals surface area contributed by atoms with E-state index in [2.05, 4.69) is 0 Å². The Hall–Kier alpha value is -3.80. The van der Waals surface area contributed by atoms with Crippen LogP contribution in [0.1, 0.15) is 23.6 Å². The Morgan fingerprint density at radius 3 is 2.09 bits per heavy atom. The molecule has 6 heteroatoms. The predicted molar refractivity (Wildman–Crippen MR) is 128 cm³/mol. The number of likely N-dealkylation sites (tertiary alicyclic amines) is 1. The summed E-state index contributed by atoms with van der Waals surface area (Å²) in [5.74, 6) is 0.530. The van der Waals surface area contributed by atoms with Crippen LogP contribution < -0.4 is 9.47 Å². The second-order valence-electron chi connectivity index (χ2n) is 8.50. The molecule has 2 atom stereocenters. The number of nitrogens with zero attached hydrogens (tertiary/aromatic N) is 1. The van der Waals surface area contributed by atoms with Crippen LogP contribution in [0.5, 0.6) is 11.5 Å². The summed E-state index contributed by atoms with van der Waals surface area (Å²) in [6.45, 7) is 2.59. The van der Waals surface area contributed by atoms with Crippen LogP contribution in [0.25, 0.3) is 0 Å². The lowest BCUT2D eigenvalue weighted by Gasteiger charge is -2.54. The zero-order valence-corrected chi connectivity index (χ0v) is 19.7. The molecule has 1 aliphatic rings. The molecule has 0 bridgehead atoms. The molecule has 1 heterocycles. The number of methoxy groups -OCH3 is 2. The molecular weight excluding hydrogens is 430 g/mol. The largest absolute Gasteiger partial charge is 0.497 e. The fraction of sp³-hybridized carbons (Fsp3) is 0.286. The summed E-state index contributed by atoms with van der Waals surface area (Å²) >= 11 is 0. The molecule has 0 radical (unpaired) electrons. The molecule has 0 aromatic heterocycles. The first-order chi connectivity index (χ1) is 16.5. The molecule has 1 saturated heterocycles. The lowest BCUT2D eigenvalue weighted by molar-refractivity contribution is -0.190. The van der Waals surface area contributed by atoms with Crippen molar-refractivity contribution in [2.45, 2.75) is 32.0 Å². The first-order valence-corrected chi connectivity index (χ1v) is 11.3. The maximum Gasteiger partial charge on any atom is 0.332 e. The number of hydrogen-bond donors (Lipinski definition) is 0. The number of amides is 1. The maximum absolute atomic E-state index is 13.0. The highest BCUT2D eigenvalue weighted by molar-refractivity contribution is 6.01. The Morgan fingerprint density at radius 2 is 1.47 bits per heavy atom. The Kier molecular flexibility index (Phi) is 6.87. The van der Waals surface area contributed by atoms with Gasteiger partial charge in [-0.3, -0.25) is 4.79 Å². The van der Waals surface area contributed by atoms with Crippen molar-refractivity contribution in [1.29, 1.82) is 0 Å². The number of rotatable bonds is 9. The van der Waals surface area contributed by atoms with Crippen LogP contribution in [0, 0.1) is 5.92 Å². The Labute approximate surface area is 200 Å². The van der Waals surface area contributed by atoms with Crippen molar-refractivity contribution in [1.82, 2.24) is 4.90 Å². The molecule has 1 amide bonds. The highest BCUT2D eigenvalue weighted by Crippen LogP contribution is 2.43. The van der Waals surface area contributed by atoms with Gasteiger partial charge in [-0.05, 0) is 41.0 Å². The molecule has 1 aliphatic heterocycles. The minimum Gasteiger partial charge on any atom is -0.497 e. The number of carbonyl (C=O) groups is 2. The maximum atomic E-state index is 13.0. The van der Waals surface area contributed by atoms with E-state index in [-0.39, 0.29) is 5.91 Å². The number of benzene rings is 3. The quantitative estimate of drug-likeness (QED) is 0.350. The van der Waals surface area contributed by atoms with Crippen LogP contribution in [-0.2, 0) is 33.9 Å². The van der Waals surface area contributed by atoms with Gasteiger partial charge in [0.05, 0.1) is 20.1 Å². The SMILES string of the molecule is COC(=O)[C@]1(Cc2ccc(OCc3ccccc3)cc2)[C@H](C)C(=O)N1Cc1ccc(OC)cc1. The van der Waals surface area contributed by atoms with E-state index >= 15 is 0 Å². The van der Waals surface area contributed by atoms with E-state index in [1.54, 1.807) is 18.9 Å². The molecule has 0 N–H and O–H groups in total. The van der Waals surface area contributed by atoms with Gasteiger partial charge in [0, 0.05) is 13.0 Å². The van der Waals surface area contributed by atoms with E-state index in [9.17, 15) is 9.59 Å². The molecule has 1 fully saturated rings. The lowest BCUT2D eigenvalue weighted by Crippen LogP contribution is -2.74. The van der Waals surface area contributed by atoms with E-state index in [4.69, 9.17) is 14.2 Å². The fourth-order valence-electron chi connectivity index (χ4n) is 4.47. The third-order valence-corrected chi connectivity index (χ3v) is 6.52. The number of ether oxygens (including phenoxy) is 3. The van der Waals surface area contributed by atoms with Crippen LogP contribution in [0.4, 0.5) is 0 Å². The van der Waals surface area contributed by atoms with Gasteiger partial charge in [0.15, 0.2) is 5.54 Å². The number of β-lactam (4-membered cyclic amide) rings is 1. The summed E-state index contributed by atoms with van der Waals surface area (Å²) in [6.07, 6.45) is 0.363. The van der Waals surface area contributed by atoms with Crippen LogP contribution in [0.15, 0.2) is 78.9 Å². The van der Waals surface area contributed by atoms with E-state index in [0.29, 0.717) is 19.6 Å². The van der Waals surface area contributed by atoms with Crippen molar-refractivity contribution in [3.8, 4) is 11.5 Å². The first-order valence-electron chi connectivity index (χ1n) is 11.3. The van der Waals surface area contributed by atoms with E-state index in [1.165, 1.54) is 7.11 Å². The molecule has 3 aromatic carbocycles. The van der Waals surface area contributed by atoms with Crippen molar-refractivity contribution < 1.29 is 23.8 Å². The van der Waals surface area contributed by atoms with Gasteiger partial charge in [-0.1, -0.05) is 61.5 Å². The number of carbonyl (C=O) groups excluding carboxylic acids is 2. The van der Waals surface area contributed by atoms with Crippen molar-refractivity contribution >= 4 is 11.9 Å². The second-order valence-corrected chi connectivity index (χ2v) is 8.50. The zero-order valence-electron chi connectivity index (χ0n) is 19.7. The third-order valence-electron chi connectivity index (χ3n) is 6.52. The van der Waals surface area contributed by atoms with Gasteiger partial charge in [0.2, 0.25) is 5.91 Å². The average molecular weight is 460 g/mol. The van der Waals surface area contributed by atoms with Crippen molar-refractivity contribution in [2.75, 3.05) is 14.2 Å². The molecule has 0 spiro atoms. The van der Waals surface area contributed by atoms with Crippen LogP contribution >= 0.6 is 0 Å². The second kappa shape index (κ2) is 10.00. The Balaban J connectivity index is 1.51. The highest BCUT2D eigenvalue weighted by atomic mass is 16.5. The average Bonchev–Trinajstić information content (AvgIpc) is 2.90.